The van der Waals surface area contributed by atoms with E-state index < -0.39 is 0 Å². The van der Waals surface area contributed by atoms with Crippen LogP contribution in [0.25, 0.3) is 0 Å². The Bertz CT molecular complexity index is 193. The molecule has 1 atom stereocenters. The molecule has 16 heavy (non-hydrogen) atoms. The Morgan fingerprint density at radius 3 is 2.44 bits per heavy atom. The molecular formula is C12H27N3O. The average Bonchev–Trinajstić information content (AvgIpc) is 2.23. The summed E-state index contributed by atoms with van der Waals surface area (Å²) in [6.45, 7) is 10.1. The first-order chi connectivity index (χ1) is 7.60. The molecule has 4 heteroatoms. The summed E-state index contributed by atoms with van der Waals surface area (Å²) in [6.07, 6.45) is 2.36. The highest BCUT2D eigenvalue weighted by Crippen LogP contribution is 2.06. The Labute approximate surface area is 99.5 Å². The molecule has 0 aromatic heterocycles. The van der Waals surface area contributed by atoms with Crippen molar-refractivity contribution in [1.29, 1.82) is 0 Å². The highest BCUT2D eigenvalue weighted by molar-refractivity contribution is 5.79. The molecule has 3 N–H and O–H groups in total. The van der Waals surface area contributed by atoms with Gasteiger partial charge in [0.15, 0.2) is 5.96 Å². The molecule has 0 aliphatic rings. The van der Waals surface area contributed by atoms with Gasteiger partial charge < -0.3 is 15.7 Å². The van der Waals surface area contributed by atoms with E-state index in [4.69, 9.17) is 5.11 Å². The number of aliphatic imine (C=N–C) groups is 1. The van der Waals surface area contributed by atoms with Crippen molar-refractivity contribution in [2.45, 2.75) is 46.6 Å². The minimum Gasteiger partial charge on any atom is -0.394 e. The van der Waals surface area contributed by atoms with Gasteiger partial charge in [-0.1, -0.05) is 13.8 Å². The largest absolute Gasteiger partial charge is 0.394 e. The first kappa shape index (κ1) is 15.2. The quantitative estimate of drug-likeness (QED) is 0.456. The second-order valence-corrected chi connectivity index (χ2v) is 4.50. The van der Waals surface area contributed by atoms with Crippen LogP contribution in [0.4, 0.5) is 0 Å². The summed E-state index contributed by atoms with van der Waals surface area (Å²) in [5.74, 6) is 1.54. The lowest BCUT2D eigenvalue weighted by atomic mass is 10.0. The van der Waals surface area contributed by atoms with Gasteiger partial charge in [0.25, 0.3) is 0 Å². The highest BCUT2D eigenvalue weighted by Gasteiger charge is 2.05. The maximum atomic E-state index is 8.73. The summed E-state index contributed by atoms with van der Waals surface area (Å²) in [5, 5.41) is 15.2. The van der Waals surface area contributed by atoms with Crippen LogP contribution in [0.1, 0.15) is 40.5 Å². The average molecular weight is 229 g/mol. The lowest BCUT2D eigenvalue weighted by Gasteiger charge is -2.18. The van der Waals surface area contributed by atoms with Gasteiger partial charge in [-0.2, -0.15) is 0 Å². The van der Waals surface area contributed by atoms with E-state index in [1.54, 1.807) is 0 Å². The number of aliphatic hydroxyl groups is 1. The summed E-state index contributed by atoms with van der Waals surface area (Å²) in [5.41, 5.74) is 0. The molecule has 0 aliphatic heterocycles. The van der Waals surface area contributed by atoms with Crippen LogP contribution in [0, 0.1) is 5.92 Å². The van der Waals surface area contributed by atoms with Gasteiger partial charge in [0.1, 0.15) is 0 Å². The molecule has 96 valence electrons. The predicted molar refractivity (Wildman–Crippen MR) is 69.7 cm³/mol. The molecule has 0 saturated carbocycles. The zero-order chi connectivity index (χ0) is 12.4. The molecule has 0 radical (unpaired) electrons. The zero-order valence-electron chi connectivity index (χ0n) is 11.1. The fourth-order valence-electron chi connectivity index (χ4n) is 1.37. The molecule has 4 nitrogen and oxygen atoms in total. The van der Waals surface area contributed by atoms with Crippen molar-refractivity contribution in [2.75, 3.05) is 19.7 Å². The lowest BCUT2D eigenvalue weighted by molar-refractivity contribution is 0.306. The Balaban J connectivity index is 3.96. The van der Waals surface area contributed by atoms with Crippen LogP contribution in [-0.4, -0.2) is 36.8 Å². The van der Waals surface area contributed by atoms with Crippen LogP contribution in [0.5, 0.6) is 0 Å². The Hall–Kier alpha value is -0.770. The van der Waals surface area contributed by atoms with E-state index >= 15 is 0 Å². The van der Waals surface area contributed by atoms with Crippen molar-refractivity contribution in [2.24, 2.45) is 10.9 Å². The summed E-state index contributed by atoms with van der Waals surface area (Å²) in [4.78, 5) is 4.24. The predicted octanol–water partition coefficient (Wildman–Crippen LogP) is 1.36. The van der Waals surface area contributed by atoms with E-state index in [1.165, 1.54) is 6.42 Å². The van der Waals surface area contributed by atoms with Crippen LogP contribution in [-0.2, 0) is 0 Å². The molecule has 0 aromatic carbocycles. The molecule has 0 fully saturated rings. The van der Waals surface area contributed by atoms with Crippen molar-refractivity contribution in [3.8, 4) is 0 Å². The van der Waals surface area contributed by atoms with E-state index in [9.17, 15) is 0 Å². The molecular weight excluding hydrogens is 202 g/mol. The maximum Gasteiger partial charge on any atom is 0.191 e. The van der Waals surface area contributed by atoms with Crippen LogP contribution in [0.15, 0.2) is 4.99 Å². The van der Waals surface area contributed by atoms with Gasteiger partial charge >= 0.3 is 0 Å². The smallest absolute Gasteiger partial charge is 0.191 e. The SMILES string of the molecule is CCNC(=NCCO)NC(C)CCC(C)C. The van der Waals surface area contributed by atoms with Gasteiger partial charge in [-0.15, -0.1) is 0 Å². The fourth-order valence-corrected chi connectivity index (χ4v) is 1.37. The van der Waals surface area contributed by atoms with Gasteiger partial charge in [0.2, 0.25) is 0 Å². The van der Waals surface area contributed by atoms with Gasteiger partial charge in [-0.3, -0.25) is 4.99 Å². The molecule has 1 unspecified atom stereocenters. The monoisotopic (exact) mass is 229 g/mol. The van der Waals surface area contributed by atoms with Crippen LogP contribution in [0.2, 0.25) is 0 Å². The van der Waals surface area contributed by atoms with E-state index in [2.05, 4.69) is 36.4 Å². The fraction of sp³-hybridized carbons (Fsp3) is 0.917. The summed E-state index contributed by atoms with van der Waals surface area (Å²) in [6, 6.07) is 0.416. The van der Waals surface area contributed by atoms with Crippen molar-refractivity contribution in [3.05, 3.63) is 0 Å². The Morgan fingerprint density at radius 2 is 1.94 bits per heavy atom. The van der Waals surface area contributed by atoms with E-state index in [1.807, 2.05) is 6.92 Å². The molecule has 0 heterocycles. The minimum atomic E-state index is 0.0942. The first-order valence-corrected chi connectivity index (χ1v) is 6.25. The molecule has 0 rings (SSSR count). The molecule has 0 saturated heterocycles. The van der Waals surface area contributed by atoms with Crippen molar-refractivity contribution >= 4 is 5.96 Å². The van der Waals surface area contributed by atoms with Crippen molar-refractivity contribution in [3.63, 3.8) is 0 Å². The van der Waals surface area contributed by atoms with E-state index in [0.29, 0.717) is 12.6 Å². The summed E-state index contributed by atoms with van der Waals surface area (Å²) >= 11 is 0. The molecule has 0 aliphatic carbocycles. The highest BCUT2D eigenvalue weighted by atomic mass is 16.3. The van der Waals surface area contributed by atoms with Gasteiger partial charge in [-0.05, 0) is 32.6 Å². The number of guanidine groups is 1. The van der Waals surface area contributed by atoms with Gasteiger partial charge in [0.05, 0.1) is 13.2 Å². The summed E-state index contributed by atoms with van der Waals surface area (Å²) in [7, 11) is 0. The summed E-state index contributed by atoms with van der Waals surface area (Å²) < 4.78 is 0. The molecule has 0 amide bonds. The standard InChI is InChI=1S/C12H27N3O/c1-5-13-12(14-8-9-16)15-11(4)7-6-10(2)3/h10-11,16H,5-9H2,1-4H3,(H2,13,14,15). The second kappa shape index (κ2) is 9.46. The minimum absolute atomic E-state index is 0.0942. The number of nitrogens with zero attached hydrogens (tertiary/aromatic N) is 1. The van der Waals surface area contributed by atoms with Crippen molar-refractivity contribution < 1.29 is 5.11 Å². The first-order valence-electron chi connectivity index (χ1n) is 6.25. The molecule has 0 spiro atoms. The van der Waals surface area contributed by atoms with Crippen LogP contribution < -0.4 is 10.6 Å². The zero-order valence-corrected chi connectivity index (χ0v) is 11.1. The normalized spacial score (nSPS) is 14.0. The topological polar surface area (TPSA) is 56.7 Å². The van der Waals surface area contributed by atoms with Gasteiger partial charge in [-0.25, -0.2) is 0 Å². The maximum absolute atomic E-state index is 8.73. The number of rotatable bonds is 7. The van der Waals surface area contributed by atoms with Gasteiger partial charge in [0, 0.05) is 12.6 Å². The number of hydrogen-bond acceptors (Lipinski definition) is 2. The molecule has 0 aromatic rings. The third kappa shape index (κ3) is 8.53. The lowest BCUT2D eigenvalue weighted by Crippen LogP contribution is -2.42. The van der Waals surface area contributed by atoms with E-state index in [0.717, 1.165) is 24.8 Å². The van der Waals surface area contributed by atoms with E-state index in [-0.39, 0.29) is 6.61 Å². The third-order valence-electron chi connectivity index (χ3n) is 2.27. The number of nitrogens with one attached hydrogen (secondary N) is 2. The third-order valence-corrected chi connectivity index (χ3v) is 2.27. The van der Waals surface area contributed by atoms with Crippen LogP contribution in [0.3, 0.4) is 0 Å². The number of hydrogen-bond donors (Lipinski definition) is 3. The Morgan fingerprint density at radius 1 is 1.25 bits per heavy atom. The van der Waals surface area contributed by atoms with Crippen molar-refractivity contribution in [1.82, 2.24) is 10.6 Å². The molecule has 0 bridgehead atoms. The van der Waals surface area contributed by atoms with Crippen LogP contribution >= 0.6 is 0 Å². The number of aliphatic hydroxyl groups excluding tert-OH is 1. The Kier molecular flexibility index (Phi) is 9.00. The second-order valence-electron chi connectivity index (χ2n) is 4.50.